The van der Waals surface area contributed by atoms with Crippen molar-refractivity contribution >= 4 is 11.6 Å². The quantitative estimate of drug-likeness (QED) is 0.797. The summed E-state index contributed by atoms with van der Waals surface area (Å²) in [5.41, 5.74) is 4.90. The summed E-state index contributed by atoms with van der Waals surface area (Å²) in [7, 11) is 0. The molecular weight excluding hydrogens is 286 g/mol. The molecule has 0 fully saturated rings. The van der Waals surface area contributed by atoms with Gasteiger partial charge in [0.25, 0.3) is 5.91 Å². The van der Waals surface area contributed by atoms with E-state index in [1.165, 1.54) is 5.56 Å². The van der Waals surface area contributed by atoms with Crippen LogP contribution < -0.4 is 5.32 Å². The average Bonchev–Trinajstić information content (AvgIpc) is 3.05. The van der Waals surface area contributed by atoms with Crippen molar-refractivity contribution in [1.29, 1.82) is 0 Å². The second-order valence-corrected chi connectivity index (χ2v) is 5.63. The van der Waals surface area contributed by atoms with Crippen molar-refractivity contribution in [3.63, 3.8) is 0 Å². The minimum Gasteiger partial charge on any atom is -0.333 e. The van der Waals surface area contributed by atoms with Crippen LogP contribution in [0, 0.1) is 13.8 Å². The summed E-state index contributed by atoms with van der Waals surface area (Å²) in [5.74, 6) is -0.0899. The molecule has 0 saturated heterocycles. The summed E-state index contributed by atoms with van der Waals surface area (Å²) in [6.07, 6.45) is 5.45. The molecular formula is C19H19N3O. The molecule has 0 unspecified atom stereocenters. The van der Waals surface area contributed by atoms with Crippen molar-refractivity contribution in [3.05, 3.63) is 83.4 Å². The van der Waals surface area contributed by atoms with E-state index in [0.29, 0.717) is 5.56 Å². The number of rotatable bonds is 4. The average molecular weight is 305 g/mol. The first-order valence-corrected chi connectivity index (χ1v) is 7.56. The van der Waals surface area contributed by atoms with E-state index >= 15 is 0 Å². The number of imidazole rings is 1. The molecule has 3 rings (SSSR count). The normalized spacial score (nSPS) is 10.5. The molecule has 23 heavy (non-hydrogen) atoms. The number of carbonyl (C=O) groups excluding carboxylic acids is 1. The highest BCUT2D eigenvalue weighted by Gasteiger charge is 2.08. The lowest BCUT2D eigenvalue weighted by Crippen LogP contribution is -2.13. The van der Waals surface area contributed by atoms with Crippen LogP contribution in [0.1, 0.15) is 27.0 Å². The Hall–Kier alpha value is -2.88. The van der Waals surface area contributed by atoms with Crippen molar-refractivity contribution in [2.24, 2.45) is 0 Å². The summed E-state index contributed by atoms with van der Waals surface area (Å²) < 4.78 is 1.99. The molecule has 0 aliphatic heterocycles. The number of nitrogens with one attached hydrogen (secondary N) is 1. The molecule has 116 valence electrons. The Bertz CT molecular complexity index is 805. The highest BCUT2D eigenvalue weighted by Crippen LogP contribution is 2.19. The number of hydrogen-bond donors (Lipinski definition) is 1. The van der Waals surface area contributed by atoms with Crippen molar-refractivity contribution < 1.29 is 4.79 Å². The van der Waals surface area contributed by atoms with Crippen molar-refractivity contribution in [2.45, 2.75) is 20.4 Å². The number of hydrogen-bond acceptors (Lipinski definition) is 2. The van der Waals surface area contributed by atoms with Gasteiger partial charge in [0.05, 0.1) is 6.33 Å². The zero-order chi connectivity index (χ0) is 16.2. The molecule has 2 aromatic carbocycles. The first-order chi connectivity index (χ1) is 11.1. The molecule has 0 aliphatic carbocycles. The number of aromatic nitrogens is 2. The topological polar surface area (TPSA) is 46.9 Å². The molecule has 4 heteroatoms. The van der Waals surface area contributed by atoms with Gasteiger partial charge in [-0.1, -0.05) is 24.3 Å². The van der Waals surface area contributed by atoms with Crippen LogP contribution in [-0.2, 0) is 6.54 Å². The zero-order valence-corrected chi connectivity index (χ0v) is 13.3. The van der Waals surface area contributed by atoms with Crippen LogP contribution in [0.5, 0.6) is 0 Å². The van der Waals surface area contributed by atoms with Gasteiger partial charge in [-0.15, -0.1) is 0 Å². The summed E-state index contributed by atoms with van der Waals surface area (Å²) in [4.78, 5) is 16.4. The van der Waals surface area contributed by atoms with Gasteiger partial charge < -0.3 is 9.88 Å². The van der Waals surface area contributed by atoms with Crippen molar-refractivity contribution in [2.75, 3.05) is 5.32 Å². The minimum absolute atomic E-state index is 0.0899. The molecule has 4 nitrogen and oxygen atoms in total. The van der Waals surface area contributed by atoms with Crippen molar-refractivity contribution in [3.8, 4) is 0 Å². The van der Waals surface area contributed by atoms with Crippen LogP contribution in [0.2, 0.25) is 0 Å². The standard InChI is InChI=1S/C19H19N3O/c1-14-4-3-5-18(15(14)2)21-19(23)17-8-6-16(7-9-17)12-22-11-10-20-13-22/h3-11,13H,12H2,1-2H3,(H,21,23). The van der Waals surface area contributed by atoms with E-state index in [1.807, 2.05) is 67.1 Å². The predicted molar refractivity (Wildman–Crippen MR) is 91.6 cm³/mol. The summed E-state index contributed by atoms with van der Waals surface area (Å²) in [5, 5.41) is 2.98. The van der Waals surface area contributed by atoms with E-state index < -0.39 is 0 Å². The van der Waals surface area contributed by atoms with E-state index in [1.54, 1.807) is 12.5 Å². The van der Waals surface area contributed by atoms with E-state index in [-0.39, 0.29) is 5.91 Å². The fraction of sp³-hybridized carbons (Fsp3) is 0.158. The number of aryl methyl sites for hydroxylation is 1. The Kier molecular flexibility index (Phi) is 4.24. The third-order valence-corrected chi connectivity index (χ3v) is 3.99. The van der Waals surface area contributed by atoms with Gasteiger partial charge >= 0.3 is 0 Å². The fourth-order valence-electron chi connectivity index (χ4n) is 2.43. The maximum Gasteiger partial charge on any atom is 0.255 e. The lowest BCUT2D eigenvalue weighted by molar-refractivity contribution is 0.102. The largest absolute Gasteiger partial charge is 0.333 e. The predicted octanol–water partition coefficient (Wildman–Crippen LogP) is 3.80. The Morgan fingerprint density at radius 1 is 1.13 bits per heavy atom. The SMILES string of the molecule is Cc1cccc(NC(=O)c2ccc(Cn3ccnc3)cc2)c1C. The van der Waals surface area contributed by atoms with E-state index in [2.05, 4.69) is 10.3 Å². The molecule has 1 N–H and O–H groups in total. The highest BCUT2D eigenvalue weighted by atomic mass is 16.1. The number of benzene rings is 2. The molecule has 0 saturated carbocycles. The van der Waals surface area contributed by atoms with Gasteiger partial charge in [-0.3, -0.25) is 4.79 Å². The van der Waals surface area contributed by atoms with Crippen LogP contribution in [0.3, 0.4) is 0 Å². The Morgan fingerprint density at radius 2 is 1.91 bits per heavy atom. The van der Waals surface area contributed by atoms with Gasteiger partial charge in [0.15, 0.2) is 0 Å². The molecule has 0 bridgehead atoms. The van der Waals surface area contributed by atoms with Crippen LogP contribution >= 0.6 is 0 Å². The van der Waals surface area contributed by atoms with Crippen LogP contribution in [-0.4, -0.2) is 15.5 Å². The number of anilines is 1. The fourth-order valence-corrected chi connectivity index (χ4v) is 2.43. The molecule has 1 aromatic heterocycles. The lowest BCUT2D eigenvalue weighted by atomic mass is 10.1. The monoisotopic (exact) mass is 305 g/mol. The van der Waals surface area contributed by atoms with Gasteiger partial charge in [-0.25, -0.2) is 4.98 Å². The Balaban J connectivity index is 1.71. The molecule has 3 aromatic rings. The molecule has 0 spiro atoms. The highest BCUT2D eigenvalue weighted by molar-refractivity contribution is 6.04. The van der Waals surface area contributed by atoms with Gasteiger partial charge in [0, 0.05) is 30.2 Å². The van der Waals surface area contributed by atoms with Gasteiger partial charge in [-0.05, 0) is 48.7 Å². The van der Waals surface area contributed by atoms with E-state index in [4.69, 9.17) is 0 Å². The minimum atomic E-state index is -0.0899. The Morgan fingerprint density at radius 3 is 2.61 bits per heavy atom. The lowest BCUT2D eigenvalue weighted by Gasteiger charge is -2.11. The zero-order valence-electron chi connectivity index (χ0n) is 13.3. The number of nitrogens with zero attached hydrogens (tertiary/aromatic N) is 2. The van der Waals surface area contributed by atoms with Crippen LogP contribution in [0.15, 0.2) is 61.2 Å². The molecule has 0 atom stereocenters. The maximum absolute atomic E-state index is 12.4. The second-order valence-electron chi connectivity index (χ2n) is 5.63. The van der Waals surface area contributed by atoms with Gasteiger partial charge in [-0.2, -0.15) is 0 Å². The van der Waals surface area contributed by atoms with E-state index in [9.17, 15) is 4.79 Å². The molecule has 0 aliphatic rings. The van der Waals surface area contributed by atoms with Crippen molar-refractivity contribution in [1.82, 2.24) is 9.55 Å². The van der Waals surface area contributed by atoms with Gasteiger partial charge in [0.2, 0.25) is 0 Å². The Labute approximate surface area is 135 Å². The second kappa shape index (κ2) is 6.48. The van der Waals surface area contributed by atoms with Crippen LogP contribution in [0.25, 0.3) is 0 Å². The van der Waals surface area contributed by atoms with Crippen LogP contribution in [0.4, 0.5) is 5.69 Å². The summed E-state index contributed by atoms with van der Waals surface area (Å²) >= 11 is 0. The summed E-state index contributed by atoms with van der Waals surface area (Å²) in [6.45, 7) is 4.80. The number of carbonyl (C=O) groups is 1. The molecule has 1 heterocycles. The first-order valence-electron chi connectivity index (χ1n) is 7.56. The smallest absolute Gasteiger partial charge is 0.255 e. The maximum atomic E-state index is 12.4. The first kappa shape index (κ1) is 15.0. The summed E-state index contributed by atoms with van der Waals surface area (Å²) in [6, 6.07) is 13.6. The van der Waals surface area contributed by atoms with Gasteiger partial charge in [0.1, 0.15) is 0 Å². The molecule has 1 amide bonds. The third-order valence-electron chi connectivity index (χ3n) is 3.99. The number of amides is 1. The molecule has 0 radical (unpaired) electrons. The third kappa shape index (κ3) is 3.48. The van der Waals surface area contributed by atoms with E-state index in [0.717, 1.165) is 23.4 Å².